The topological polar surface area (TPSA) is 68.3 Å². The van der Waals surface area contributed by atoms with E-state index < -0.39 is 0 Å². The molecule has 3 rings (SSSR count). The fraction of sp³-hybridized carbons (Fsp3) is 0.222. The summed E-state index contributed by atoms with van der Waals surface area (Å²) in [7, 11) is 5.13. The minimum Gasteiger partial charge on any atom is -0.497 e. The van der Waals surface area contributed by atoms with Gasteiger partial charge in [-0.15, -0.1) is 0 Å². The van der Waals surface area contributed by atoms with Crippen molar-refractivity contribution in [3.8, 4) is 11.5 Å². The van der Waals surface area contributed by atoms with Gasteiger partial charge >= 0.3 is 0 Å². The quantitative estimate of drug-likeness (QED) is 0.725. The molecule has 0 aliphatic carbocycles. The van der Waals surface area contributed by atoms with Crippen LogP contribution < -0.4 is 20.1 Å². The van der Waals surface area contributed by atoms with Gasteiger partial charge in [0.05, 0.1) is 19.7 Å². The van der Waals surface area contributed by atoms with E-state index in [2.05, 4.69) is 20.6 Å². The predicted molar refractivity (Wildman–Crippen MR) is 96.0 cm³/mol. The van der Waals surface area contributed by atoms with Gasteiger partial charge in [-0.25, -0.2) is 4.98 Å². The van der Waals surface area contributed by atoms with Crippen LogP contribution in [0.3, 0.4) is 0 Å². The summed E-state index contributed by atoms with van der Waals surface area (Å²) in [5.74, 6) is 2.88. The molecule has 1 heterocycles. The summed E-state index contributed by atoms with van der Waals surface area (Å²) in [5.41, 5.74) is 1.89. The van der Waals surface area contributed by atoms with E-state index in [9.17, 15) is 0 Å². The largest absolute Gasteiger partial charge is 0.497 e. The average Bonchev–Trinajstić information content (AvgIpc) is 2.65. The Morgan fingerprint density at radius 2 is 1.83 bits per heavy atom. The Morgan fingerprint density at radius 1 is 1.00 bits per heavy atom. The number of rotatable bonds is 6. The average molecular weight is 324 g/mol. The van der Waals surface area contributed by atoms with Crippen LogP contribution in [0.5, 0.6) is 11.5 Å². The second-order valence-electron chi connectivity index (χ2n) is 5.19. The van der Waals surface area contributed by atoms with Crippen molar-refractivity contribution in [2.45, 2.75) is 6.54 Å². The lowest BCUT2D eigenvalue weighted by Gasteiger charge is -2.12. The summed E-state index contributed by atoms with van der Waals surface area (Å²) >= 11 is 0. The third kappa shape index (κ3) is 3.17. The van der Waals surface area contributed by atoms with Crippen LogP contribution in [-0.4, -0.2) is 31.2 Å². The van der Waals surface area contributed by atoms with E-state index in [0.29, 0.717) is 12.5 Å². The summed E-state index contributed by atoms with van der Waals surface area (Å²) in [6.45, 7) is 0.550. The van der Waals surface area contributed by atoms with Crippen LogP contribution in [-0.2, 0) is 6.54 Å². The SMILES string of the molecule is CNc1nc(NCc2ccc(OC)cc2OC)nc2ccccc12. The first-order valence-corrected chi connectivity index (χ1v) is 7.64. The highest BCUT2D eigenvalue weighted by atomic mass is 16.5. The molecule has 3 aromatic rings. The Bertz CT molecular complexity index is 852. The van der Waals surface area contributed by atoms with Crippen LogP contribution in [0.25, 0.3) is 10.9 Å². The van der Waals surface area contributed by atoms with Crippen LogP contribution >= 0.6 is 0 Å². The molecule has 0 amide bonds. The van der Waals surface area contributed by atoms with Gasteiger partial charge < -0.3 is 20.1 Å². The lowest BCUT2D eigenvalue weighted by molar-refractivity contribution is 0.391. The summed E-state index contributed by atoms with van der Waals surface area (Å²) in [6, 6.07) is 13.6. The molecule has 0 aliphatic heterocycles. The molecule has 1 aromatic heterocycles. The van der Waals surface area contributed by atoms with E-state index in [1.165, 1.54) is 0 Å². The number of aromatic nitrogens is 2. The predicted octanol–water partition coefficient (Wildman–Crippen LogP) is 3.30. The molecular weight excluding hydrogens is 304 g/mol. The summed E-state index contributed by atoms with van der Waals surface area (Å²) in [6.07, 6.45) is 0. The number of ether oxygens (including phenoxy) is 2. The molecule has 0 saturated carbocycles. The highest BCUT2D eigenvalue weighted by Crippen LogP contribution is 2.26. The van der Waals surface area contributed by atoms with E-state index >= 15 is 0 Å². The minimum atomic E-state index is 0.550. The van der Waals surface area contributed by atoms with E-state index in [1.807, 2.05) is 49.5 Å². The second kappa shape index (κ2) is 7.04. The van der Waals surface area contributed by atoms with Gasteiger partial charge in [-0.3, -0.25) is 0 Å². The maximum atomic E-state index is 5.42. The van der Waals surface area contributed by atoms with Gasteiger partial charge in [-0.2, -0.15) is 4.98 Å². The number of fused-ring (bicyclic) bond motifs is 1. The van der Waals surface area contributed by atoms with Crippen molar-refractivity contribution in [2.24, 2.45) is 0 Å². The standard InChI is InChI=1S/C18H20N4O2/c1-19-17-14-6-4-5-7-15(14)21-18(22-17)20-11-12-8-9-13(23-2)10-16(12)24-3/h4-10H,11H2,1-3H3,(H2,19,20,21,22). The van der Waals surface area contributed by atoms with Crippen molar-refractivity contribution in [1.29, 1.82) is 0 Å². The van der Waals surface area contributed by atoms with Gasteiger partial charge in [0.15, 0.2) is 0 Å². The molecule has 24 heavy (non-hydrogen) atoms. The number of hydrogen-bond donors (Lipinski definition) is 2. The molecule has 0 fully saturated rings. The fourth-order valence-electron chi connectivity index (χ4n) is 2.52. The molecule has 2 N–H and O–H groups in total. The van der Waals surface area contributed by atoms with E-state index in [0.717, 1.165) is 33.8 Å². The molecular formula is C18H20N4O2. The summed E-state index contributed by atoms with van der Waals surface area (Å²) < 4.78 is 10.6. The monoisotopic (exact) mass is 324 g/mol. The number of anilines is 2. The van der Waals surface area contributed by atoms with Gasteiger partial charge in [0.2, 0.25) is 5.95 Å². The van der Waals surface area contributed by atoms with Crippen LogP contribution in [0.4, 0.5) is 11.8 Å². The first kappa shape index (κ1) is 15.9. The van der Waals surface area contributed by atoms with E-state index in [4.69, 9.17) is 9.47 Å². The lowest BCUT2D eigenvalue weighted by atomic mass is 10.2. The van der Waals surface area contributed by atoms with Crippen molar-refractivity contribution in [1.82, 2.24) is 9.97 Å². The highest BCUT2D eigenvalue weighted by Gasteiger charge is 2.08. The second-order valence-corrected chi connectivity index (χ2v) is 5.19. The van der Waals surface area contributed by atoms with E-state index in [-0.39, 0.29) is 0 Å². The molecule has 0 unspecified atom stereocenters. The molecule has 6 nitrogen and oxygen atoms in total. The molecule has 6 heteroatoms. The molecule has 0 spiro atoms. The number of hydrogen-bond acceptors (Lipinski definition) is 6. The minimum absolute atomic E-state index is 0.550. The van der Waals surface area contributed by atoms with Crippen LogP contribution in [0.1, 0.15) is 5.56 Å². The van der Waals surface area contributed by atoms with E-state index in [1.54, 1.807) is 14.2 Å². The zero-order valence-electron chi connectivity index (χ0n) is 14.0. The van der Waals surface area contributed by atoms with Crippen molar-refractivity contribution < 1.29 is 9.47 Å². The maximum Gasteiger partial charge on any atom is 0.225 e. The molecule has 124 valence electrons. The number of benzene rings is 2. The molecule has 2 aromatic carbocycles. The summed E-state index contributed by atoms with van der Waals surface area (Å²) in [4.78, 5) is 9.09. The third-order valence-corrected chi connectivity index (χ3v) is 3.77. The van der Waals surface area contributed by atoms with Gasteiger partial charge in [-0.1, -0.05) is 12.1 Å². The van der Waals surface area contributed by atoms with Crippen molar-refractivity contribution in [2.75, 3.05) is 31.9 Å². The zero-order valence-corrected chi connectivity index (χ0v) is 14.0. The number of para-hydroxylation sites is 1. The summed E-state index contributed by atoms with van der Waals surface area (Å²) in [5, 5.41) is 7.36. The van der Waals surface area contributed by atoms with Crippen molar-refractivity contribution in [3.63, 3.8) is 0 Å². The molecule has 0 aliphatic rings. The Morgan fingerprint density at radius 3 is 2.58 bits per heavy atom. The van der Waals surface area contributed by atoms with Gasteiger partial charge in [0, 0.05) is 30.6 Å². The van der Waals surface area contributed by atoms with Gasteiger partial charge in [0.1, 0.15) is 17.3 Å². The maximum absolute atomic E-state index is 5.42. The van der Waals surface area contributed by atoms with Crippen LogP contribution in [0.2, 0.25) is 0 Å². The third-order valence-electron chi connectivity index (χ3n) is 3.77. The Kier molecular flexibility index (Phi) is 4.65. The van der Waals surface area contributed by atoms with Gasteiger partial charge in [0.25, 0.3) is 0 Å². The fourth-order valence-corrected chi connectivity index (χ4v) is 2.52. The highest BCUT2D eigenvalue weighted by molar-refractivity contribution is 5.89. The zero-order chi connectivity index (χ0) is 16.9. The van der Waals surface area contributed by atoms with Gasteiger partial charge in [-0.05, 0) is 24.3 Å². The van der Waals surface area contributed by atoms with Crippen LogP contribution in [0.15, 0.2) is 42.5 Å². The first-order valence-electron chi connectivity index (χ1n) is 7.64. The normalized spacial score (nSPS) is 10.5. The van der Waals surface area contributed by atoms with Crippen molar-refractivity contribution >= 4 is 22.7 Å². The number of nitrogens with one attached hydrogen (secondary N) is 2. The molecule has 0 saturated heterocycles. The Labute approximate surface area is 140 Å². The molecule has 0 atom stereocenters. The smallest absolute Gasteiger partial charge is 0.225 e. The molecule has 0 bridgehead atoms. The Hall–Kier alpha value is -3.02. The Balaban J connectivity index is 1.86. The number of methoxy groups -OCH3 is 2. The number of nitrogens with zero attached hydrogens (tertiary/aromatic N) is 2. The molecule has 0 radical (unpaired) electrons. The van der Waals surface area contributed by atoms with Crippen molar-refractivity contribution in [3.05, 3.63) is 48.0 Å². The van der Waals surface area contributed by atoms with Crippen LogP contribution in [0, 0.1) is 0 Å². The first-order chi connectivity index (χ1) is 11.7. The lowest BCUT2D eigenvalue weighted by Crippen LogP contribution is -2.07.